The lowest BCUT2D eigenvalue weighted by Crippen LogP contribution is -2.03. The Morgan fingerprint density at radius 2 is 1.71 bits per heavy atom. The first kappa shape index (κ1) is 16.0. The second kappa shape index (κ2) is 6.60. The van der Waals surface area contributed by atoms with Crippen molar-refractivity contribution in [2.24, 2.45) is 0 Å². The molecule has 0 spiro atoms. The van der Waals surface area contributed by atoms with Gasteiger partial charge in [0.15, 0.2) is 9.84 Å². The van der Waals surface area contributed by atoms with E-state index < -0.39 is 9.84 Å². The van der Waals surface area contributed by atoms with Gasteiger partial charge in [-0.3, -0.25) is 0 Å². The molecule has 0 aliphatic carbocycles. The molecular formula is C15H15BrO4S. The molecule has 0 aliphatic heterocycles. The van der Waals surface area contributed by atoms with E-state index in [1.807, 2.05) is 0 Å². The fourth-order valence-electron chi connectivity index (χ4n) is 1.75. The van der Waals surface area contributed by atoms with Crippen molar-refractivity contribution in [3.05, 3.63) is 52.5 Å². The highest BCUT2D eigenvalue weighted by molar-refractivity contribution is 9.10. The predicted octanol–water partition coefficient (Wildman–Crippen LogP) is 3.53. The highest BCUT2D eigenvalue weighted by atomic mass is 79.9. The van der Waals surface area contributed by atoms with Crippen LogP contribution in [-0.4, -0.2) is 19.3 Å². The molecule has 0 atom stereocenters. The maximum Gasteiger partial charge on any atom is 0.178 e. The van der Waals surface area contributed by atoms with Crippen LogP contribution in [0.5, 0.6) is 11.5 Å². The smallest absolute Gasteiger partial charge is 0.178 e. The van der Waals surface area contributed by atoms with Gasteiger partial charge in [0.1, 0.15) is 11.5 Å². The minimum atomic E-state index is -3.20. The van der Waals surface area contributed by atoms with Crippen LogP contribution in [0.15, 0.2) is 51.8 Å². The SMILES string of the molecule is CCS(=O)(=O)c1ccc(Oc2ccc(Br)c(CO)c2)cc1. The zero-order chi connectivity index (χ0) is 15.5. The number of rotatable bonds is 5. The summed E-state index contributed by atoms with van der Waals surface area (Å²) < 4.78 is 29.9. The van der Waals surface area contributed by atoms with Crippen LogP contribution in [0, 0.1) is 0 Å². The van der Waals surface area contributed by atoms with Crippen molar-refractivity contribution in [2.45, 2.75) is 18.4 Å². The first-order chi connectivity index (χ1) is 9.96. The Morgan fingerprint density at radius 3 is 2.29 bits per heavy atom. The number of aliphatic hydroxyl groups excluding tert-OH is 1. The molecule has 2 aromatic carbocycles. The van der Waals surface area contributed by atoms with Crippen LogP contribution in [0.1, 0.15) is 12.5 Å². The maximum atomic E-state index is 11.7. The van der Waals surface area contributed by atoms with Gasteiger partial charge in [-0.25, -0.2) is 8.42 Å². The molecule has 21 heavy (non-hydrogen) atoms. The van der Waals surface area contributed by atoms with Crippen LogP contribution in [0.3, 0.4) is 0 Å². The summed E-state index contributed by atoms with van der Waals surface area (Å²) in [5, 5.41) is 9.21. The minimum Gasteiger partial charge on any atom is -0.457 e. The van der Waals surface area contributed by atoms with E-state index in [9.17, 15) is 13.5 Å². The van der Waals surface area contributed by atoms with E-state index >= 15 is 0 Å². The molecule has 0 saturated heterocycles. The quantitative estimate of drug-likeness (QED) is 0.874. The molecule has 0 radical (unpaired) electrons. The summed E-state index contributed by atoms with van der Waals surface area (Å²) in [6, 6.07) is 11.6. The Bertz CT molecular complexity index is 724. The molecule has 2 rings (SSSR count). The van der Waals surface area contributed by atoms with E-state index in [2.05, 4.69) is 15.9 Å². The van der Waals surface area contributed by atoms with Crippen molar-refractivity contribution >= 4 is 25.8 Å². The molecule has 0 aromatic heterocycles. The summed E-state index contributed by atoms with van der Waals surface area (Å²) in [6.07, 6.45) is 0. The van der Waals surface area contributed by atoms with Gasteiger partial charge in [0.05, 0.1) is 17.3 Å². The summed E-state index contributed by atoms with van der Waals surface area (Å²) >= 11 is 3.33. The Balaban J connectivity index is 2.21. The van der Waals surface area contributed by atoms with Crippen LogP contribution in [0.4, 0.5) is 0 Å². The van der Waals surface area contributed by atoms with Gasteiger partial charge in [0.25, 0.3) is 0 Å². The van der Waals surface area contributed by atoms with Crippen molar-refractivity contribution in [1.82, 2.24) is 0 Å². The second-order valence-corrected chi connectivity index (χ2v) is 7.52. The summed E-state index contributed by atoms with van der Waals surface area (Å²) in [7, 11) is -3.20. The maximum absolute atomic E-state index is 11.7. The van der Waals surface area contributed by atoms with Gasteiger partial charge in [-0.1, -0.05) is 22.9 Å². The number of ether oxygens (including phenoxy) is 1. The third kappa shape index (κ3) is 3.84. The van der Waals surface area contributed by atoms with Gasteiger partial charge in [-0.2, -0.15) is 0 Å². The molecule has 0 unspecified atom stereocenters. The third-order valence-corrected chi connectivity index (χ3v) is 5.51. The second-order valence-electron chi connectivity index (χ2n) is 4.39. The van der Waals surface area contributed by atoms with Gasteiger partial charge >= 0.3 is 0 Å². The lowest BCUT2D eigenvalue weighted by Gasteiger charge is -2.09. The highest BCUT2D eigenvalue weighted by Crippen LogP contribution is 2.27. The zero-order valence-electron chi connectivity index (χ0n) is 11.4. The Labute approximate surface area is 132 Å². The van der Waals surface area contributed by atoms with Crippen molar-refractivity contribution in [3.8, 4) is 11.5 Å². The molecule has 0 heterocycles. The monoisotopic (exact) mass is 370 g/mol. The van der Waals surface area contributed by atoms with E-state index in [-0.39, 0.29) is 17.3 Å². The first-order valence-electron chi connectivity index (χ1n) is 6.36. The fourth-order valence-corrected chi connectivity index (χ4v) is 3.01. The summed E-state index contributed by atoms with van der Waals surface area (Å²) in [5.41, 5.74) is 0.720. The highest BCUT2D eigenvalue weighted by Gasteiger charge is 2.11. The first-order valence-corrected chi connectivity index (χ1v) is 8.80. The molecule has 2 aromatic rings. The number of aliphatic hydroxyl groups is 1. The van der Waals surface area contributed by atoms with Gasteiger partial charge < -0.3 is 9.84 Å². The molecule has 0 bridgehead atoms. The number of benzene rings is 2. The Hall–Kier alpha value is -1.37. The molecule has 112 valence electrons. The number of halogens is 1. The number of hydrogen-bond donors (Lipinski definition) is 1. The van der Waals surface area contributed by atoms with Crippen LogP contribution in [0.2, 0.25) is 0 Å². The van der Waals surface area contributed by atoms with E-state index in [1.54, 1.807) is 37.3 Å². The summed E-state index contributed by atoms with van der Waals surface area (Å²) in [5.74, 6) is 1.18. The zero-order valence-corrected chi connectivity index (χ0v) is 13.8. The molecule has 0 amide bonds. The van der Waals surface area contributed by atoms with E-state index in [4.69, 9.17) is 4.74 Å². The molecule has 4 nitrogen and oxygen atoms in total. The lowest BCUT2D eigenvalue weighted by atomic mass is 10.2. The van der Waals surface area contributed by atoms with E-state index in [0.29, 0.717) is 11.5 Å². The van der Waals surface area contributed by atoms with Crippen molar-refractivity contribution < 1.29 is 18.3 Å². The van der Waals surface area contributed by atoms with Gasteiger partial charge in [-0.15, -0.1) is 0 Å². The molecule has 0 aliphatic rings. The van der Waals surface area contributed by atoms with Crippen LogP contribution in [-0.2, 0) is 16.4 Å². The van der Waals surface area contributed by atoms with Crippen LogP contribution >= 0.6 is 15.9 Å². The molecule has 1 N–H and O–H groups in total. The molecule has 6 heteroatoms. The summed E-state index contributed by atoms with van der Waals surface area (Å²) in [4.78, 5) is 0.282. The third-order valence-electron chi connectivity index (χ3n) is 2.99. The molecule has 0 fully saturated rings. The minimum absolute atomic E-state index is 0.0692. The van der Waals surface area contributed by atoms with Gasteiger partial charge in [-0.05, 0) is 48.0 Å². The predicted molar refractivity (Wildman–Crippen MR) is 84.3 cm³/mol. The standard InChI is InChI=1S/C15H15BrO4S/c1-2-21(18,19)14-6-3-12(4-7-14)20-13-5-8-15(16)11(9-13)10-17/h3-9,17H,2,10H2,1H3. The fraction of sp³-hybridized carbons (Fsp3) is 0.200. The molecule has 0 saturated carbocycles. The van der Waals surface area contributed by atoms with Gasteiger partial charge in [0.2, 0.25) is 0 Å². The van der Waals surface area contributed by atoms with Crippen LogP contribution in [0.25, 0.3) is 0 Å². The van der Waals surface area contributed by atoms with E-state index in [1.165, 1.54) is 12.1 Å². The Morgan fingerprint density at radius 1 is 1.10 bits per heavy atom. The van der Waals surface area contributed by atoms with Crippen molar-refractivity contribution in [2.75, 3.05) is 5.75 Å². The van der Waals surface area contributed by atoms with Crippen molar-refractivity contribution in [3.63, 3.8) is 0 Å². The lowest BCUT2D eigenvalue weighted by molar-refractivity contribution is 0.280. The average molecular weight is 371 g/mol. The van der Waals surface area contributed by atoms with Gasteiger partial charge in [0, 0.05) is 4.47 Å². The Kier molecular flexibility index (Phi) is 5.03. The molecular weight excluding hydrogens is 356 g/mol. The van der Waals surface area contributed by atoms with Crippen LogP contribution < -0.4 is 4.74 Å². The number of sulfone groups is 1. The van der Waals surface area contributed by atoms with Crippen molar-refractivity contribution in [1.29, 1.82) is 0 Å². The average Bonchev–Trinajstić information content (AvgIpc) is 2.49. The normalized spacial score (nSPS) is 11.4. The summed E-state index contributed by atoms with van der Waals surface area (Å²) in [6.45, 7) is 1.52. The topological polar surface area (TPSA) is 63.6 Å². The number of hydrogen-bond acceptors (Lipinski definition) is 4. The largest absolute Gasteiger partial charge is 0.457 e. The van der Waals surface area contributed by atoms with E-state index in [0.717, 1.165) is 10.0 Å².